The lowest BCUT2D eigenvalue weighted by Crippen LogP contribution is -2.18. The summed E-state index contributed by atoms with van der Waals surface area (Å²) in [6.45, 7) is 0. The summed E-state index contributed by atoms with van der Waals surface area (Å²) in [4.78, 5) is 0. The normalized spacial score (nSPS) is 13.0. The maximum absolute atomic E-state index is 13.9. The van der Waals surface area contributed by atoms with Crippen molar-refractivity contribution in [3.8, 4) is 5.75 Å². The highest BCUT2D eigenvalue weighted by atomic mass is 35.5. The summed E-state index contributed by atoms with van der Waals surface area (Å²) in [5, 5.41) is -0.302. The van der Waals surface area contributed by atoms with Gasteiger partial charge < -0.3 is 10.5 Å². The second-order valence-electron chi connectivity index (χ2n) is 4.35. The number of alkyl halides is 3. The van der Waals surface area contributed by atoms with Crippen LogP contribution in [-0.4, -0.2) is 6.36 Å². The SMILES string of the molecule is N[C@@H](c1ccc(OC(F)(F)F)cc1)c1c(F)ccc(Cl)c1F. The fourth-order valence-electron chi connectivity index (χ4n) is 1.87. The summed E-state index contributed by atoms with van der Waals surface area (Å²) < 4.78 is 67.5. The van der Waals surface area contributed by atoms with Gasteiger partial charge in [0.15, 0.2) is 0 Å². The van der Waals surface area contributed by atoms with Gasteiger partial charge in [-0.3, -0.25) is 0 Å². The van der Waals surface area contributed by atoms with Crippen LogP contribution in [0, 0.1) is 11.6 Å². The standard InChI is InChI=1S/C14H9ClF5NO/c15-9-5-6-10(16)11(12(9)17)13(21)7-1-3-8(4-2-7)22-14(18,19)20/h1-6,13H,21H2/t13-/m0/s1. The van der Waals surface area contributed by atoms with Gasteiger partial charge in [0.05, 0.1) is 11.1 Å². The largest absolute Gasteiger partial charge is 0.573 e. The first-order valence-electron chi connectivity index (χ1n) is 5.93. The van der Waals surface area contributed by atoms with Crippen molar-refractivity contribution < 1.29 is 26.7 Å². The second kappa shape index (κ2) is 6.10. The van der Waals surface area contributed by atoms with Gasteiger partial charge in [-0.2, -0.15) is 0 Å². The molecule has 2 aromatic rings. The monoisotopic (exact) mass is 337 g/mol. The summed E-state index contributed by atoms with van der Waals surface area (Å²) >= 11 is 5.57. The van der Waals surface area contributed by atoms with E-state index in [9.17, 15) is 22.0 Å². The Morgan fingerprint density at radius 1 is 1.00 bits per heavy atom. The molecule has 0 fully saturated rings. The lowest BCUT2D eigenvalue weighted by molar-refractivity contribution is -0.274. The van der Waals surface area contributed by atoms with Crippen LogP contribution in [0.2, 0.25) is 5.02 Å². The van der Waals surface area contributed by atoms with Gasteiger partial charge >= 0.3 is 6.36 Å². The first kappa shape index (κ1) is 16.5. The van der Waals surface area contributed by atoms with Crippen molar-refractivity contribution in [3.63, 3.8) is 0 Å². The van der Waals surface area contributed by atoms with Crippen molar-refractivity contribution in [2.45, 2.75) is 12.4 Å². The van der Waals surface area contributed by atoms with Crippen LogP contribution >= 0.6 is 11.6 Å². The Bertz CT molecular complexity index is 672. The molecular weight excluding hydrogens is 329 g/mol. The van der Waals surface area contributed by atoms with Crippen LogP contribution in [0.4, 0.5) is 22.0 Å². The Kier molecular flexibility index (Phi) is 4.58. The molecule has 0 unspecified atom stereocenters. The van der Waals surface area contributed by atoms with E-state index in [1.807, 2.05) is 0 Å². The predicted octanol–water partition coefficient (Wildman–Crippen LogP) is 4.56. The van der Waals surface area contributed by atoms with E-state index in [4.69, 9.17) is 17.3 Å². The molecule has 22 heavy (non-hydrogen) atoms. The van der Waals surface area contributed by atoms with E-state index in [0.717, 1.165) is 24.3 Å². The predicted molar refractivity (Wildman–Crippen MR) is 70.5 cm³/mol. The molecule has 0 aliphatic carbocycles. The van der Waals surface area contributed by atoms with Crippen LogP contribution in [-0.2, 0) is 0 Å². The quantitative estimate of drug-likeness (QED) is 0.658. The molecule has 0 saturated carbocycles. The zero-order valence-corrected chi connectivity index (χ0v) is 11.6. The van der Waals surface area contributed by atoms with Gasteiger partial charge in [0.1, 0.15) is 17.4 Å². The van der Waals surface area contributed by atoms with Gasteiger partial charge in [0, 0.05) is 5.56 Å². The van der Waals surface area contributed by atoms with Crippen molar-refractivity contribution in [1.82, 2.24) is 0 Å². The Balaban J connectivity index is 2.31. The lowest BCUT2D eigenvalue weighted by Gasteiger charge is -2.16. The van der Waals surface area contributed by atoms with Gasteiger partial charge in [-0.25, -0.2) is 8.78 Å². The number of hydrogen-bond donors (Lipinski definition) is 1. The molecule has 2 rings (SSSR count). The summed E-state index contributed by atoms with van der Waals surface area (Å²) in [6, 6.07) is 5.16. The third-order valence-corrected chi connectivity index (χ3v) is 3.16. The molecule has 118 valence electrons. The molecule has 0 bridgehead atoms. The first-order valence-corrected chi connectivity index (χ1v) is 6.31. The molecule has 8 heteroatoms. The van der Waals surface area contributed by atoms with Crippen molar-refractivity contribution >= 4 is 11.6 Å². The molecule has 0 saturated heterocycles. The fourth-order valence-corrected chi connectivity index (χ4v) is 2.04. The first-order chi connectivity index (χ1) is 10.2. The highest BCUT2D eigenvalue weighted by Gasteiger charge is 2.31. The Morgan fingerprint density at radius 3 is 2.14 bits per heavy atom. The molecule has 1 atom stereocenters. The molecule has 2 aromatic carbocycles. The summed E-state index contributed by atoms with van der Waals surface area (Å²) in [5.41, 5.74) is 5.50. The maximum atomic E-state index is 13.9. The minimum atomic E-state index is -4.82. The highest BCUT2D eigenvalue weighted by Crippen LogP contribution is 2.30. The summed E-state index contributed by atoms with van der Waals surface area (Å²) in [6.07, 6.45) is -4.82. The van der Waals surface area contributed by atoms with Gasteiger partial charge in [0.2, 0.25) is 0 Å². The molecule has 0 radical (unpaired) electrons. The van der Waals surface area contributed by atoms with Crippen LogP contribution in [0.5, 0.6) is 5.75 Å². The zero-order valence-electron chi connectivity index (χ0n) is 10.8. The Labute approximate surface area is 127 Å². The van der Waals surface area contributed by atoms with Crippen LogP contribution < -0.4 is 10.5 Å². The van der Waals surface area contributed by atoms with Gasteiger partial charge in [-0.15, -0.1) is 13.2 Å². The Hall–Kier alpha value is -1.86. The fraction of sp³-hybridized carbons (Fsp3) is 0.143. The van der Waals surface area contributed by atoms with E-state index < -0.39 is 35.4 Å². The molecular formula is C14H9ClF5NO. The minimum Gasteiger partial charge on any atom is -0.406 e. The summed E-state index contributed by atoms with van der Waals surface area (Å²) in [5.74, 6) is -2.37. The maximum Gasteiger partial charge on any atom is 0.573 e. The van der Waals surface area contributed by atoms with Gasteiger partial charge in [-0.05, 0) is 29.8 Å². The molecule has 0 spiro atoms. The van der Waals surface area contributed by atoms with E-state index in [-0.39, 0.29) is 10.6 Å². The number of halogens is 6. The second-order valence-corrected chi connectivity index (χ2v) is 4.76. The van der Waals surface area contributed by atoms with Crippen molar-refractivity contribution in [2.24, 2.45) is 5.73 Å². The van der Waals surface area contributed by atoms with Crippen LogP contribution in [0.3, 0.4) is 0 Å². The average Bonchev–Trinajstić information content (AvgIpc) is 2.42. The van der Waals surface area contributed by atoms with Crippen molar-refractivity contribution in [3.05, 3.63) is 64.2 Å². The molecule has 2 N–H and O–H groups in total. The Morgan fingerprint density at radius 2 is 1.59 bits per heavy atom. The van der Waals surface area contributed by atoms with E-state index in [1.54, 1.807) is 0 Å². The summed E-state index contributed by atoms with van der Waals surface area (Å²) in [7, 11) is 0. The number of ether oxygens (including phenoxy) is 1. The lowest BCUT2D eigenvalue weighted by atomic mass is 9.98. The van der Waals surface area contributed by atoms with E-state index >= 15 is 0 Å². The van der Waals surface area contributed by atoms with Crippen LogP contribution in [0.1, 0.15) is 17.2 Å². The smallest absolute Gasteiger partial charge is 0.406 e. The molecule has 0 amide bonds. The molecule has 0 aliphatic heterocycles. The third-order valence-electron chi connectivity index (χ3n) is 2.86. The molecule has 0 aromatic heterocycles. The van der Waals surface area contributed by atoms with Crippen molar-refractivity contribution in [2.75, 3.05) is 0 Å². The zero-order chi connectivity index (χ0) is 16.5. The van der Waals surface area contributed by atoms with Crippen LogP contribution in [0.15, 0.2) is 36.4 Å². The van der Waals surface area contributed by atoms with Crippen LogP contribution in [0.25, 0.3) is 0 Å². The topological polar surface area (TPSA) is 35.2 Å². The number of benzene rings is 2. The third kappa shape index (κ3) is 3.66. The number of nitrogens with two attached hydrogens (primary N) is 1. The van der Waals surface area contributed by atoms with Gasteiger partial charge in [-0.1, -0.05) is 23.7 Å². The molecule has 0 heterocycles. The minimum absolute atomic E-state index is 0.203. The van der Waals surface area contributed by atoms with E-state index in [0.29, 0.717) is 0 Å². The molecule has 2 nitrogen and oxygen atoms in total. The van der Waals surface area contributed by atoms with Gasteiger partial charge in [0.25, 0.3) is 0 Å². The van der Waals surface area contributed by atoms with E-state index in [2.05, 4.69) is 4.74 Å². The molecule has 0 aliphatic rings. The van der Waals surface area contributed by atoms with E-state index in [1.165, 1.54) is 12.1 Å². The number of hydrogen-bond acceptors (Lipinski definition) is 2. The van der Waals surface area contributed by atoms with Crippen molar-refractivity contribution in [1.29, 1.82) is 0 Å². The average molecular weight is 338 g/mol. The number of rotatable bonds is 3. The highest BCUT2D eigenvalue weighted by molar-refractivity contribution is 6.30.